The molecule has 1 rings (SSSR count). The van der Waals surface area contributed by atoms with Crippen LogP contribution < -0.4 is 5.32 Å². The first-order chi connectivity index (χ1) is 9.40. The Morgan fingerprint density at radius 1 is 1.30 bits per heavy atom. The van der Waals surface area contributed by atoms with Gasteiger partial charge in [-0.2, -0.15) is 0 Å². The van der Waals surface area contributed by atoms with E-state index in [-0.39, 0.29) is 24.5 Å². The lowest BCUT2D eigenvalue weighted by Crippen LogP contribution is -2.46. The summed E-state index contributed by atoms with van der Waals surface area (Å²) < 4.78 is 0. The van der Waals surface area contributed by atoms with E-state index in [9.17, 15) is 9.59 Å². The van der Waals surface area contributed by atoms with Crippen LogP contribution in [0.1, 0.15) is 59.3 Å². The Kier molecular flexibility index (Phi) is 6.82. The van der Waals surface area contributed by atoms with E-state index in [0.717, 1.165) is 25.7 Å². The third-order valence-corrected chi connectivity index (χ3v) is 3.84. The molecular weight excluding hydrogens is 256 g/mol. The van der Waals surface area contributed by atoms with Gasteiger partial charge in [-0.05, 0) is 32.1 Å². The lowest BCUT2D eigenvalue weighted by atomic mass is 10.0. The van der Waals surface area contributed by atoms with Gasteiger partial charge in [-0.15, -0.1) is 0 Å². The van der Waals surface area contributed by atoms with Crippen molar-refractivity contribution in [3.8, 4) is 0 Å². The van der Waals surface area contributed by atoms with Crippen LogP contribution in [0.4, 0.5) is 4.79 Å². The third-order valence-electron chi connectivity index (χ3n) is 3.84. The first-order valence-electron chi connectivity index (χ1n) is 7.69. The van der Waals surface area contributed by atoms with E-state index in [0.29, 0.717) is 12.5 Å². The highest BCUT2D eigenvalue weighted by molar-refractivity contribution is 5.76. The van der Waals surface area contributed by atoms with Gasteiger partial charge in [0.25, 0.3) is 0 Å². The van der Waals surface area contributed by atoms with E-state index >= 15 is 0 Å². The molecule has 1 fully saturated rings. The van der Waals surface area contributed by atoms with Gasteiger partial charge < -0.3 is 15.3 Å². The molecule has 0 bridgehead atoms. The average Bonchev–Trinajstić information content (AvgIpc) is 2.75. The molecule has 116 valence electrons. The molecule has 0 saturated carbocycles. The first-order valence-corrected chi connectivity index (χ1v) is 7.69. The van der Waals surface area contributed by atoms with Gasteiger partial charge in [-0.25, -0.2) is 4.79 Å². The van der Waals surface area contributed by atoms with E-state index in [2.05, 4.69) is 19.2 Å². The number of carbonyl (C=O) groups is 2. The topological polar surface area (TPSA) is 69.6 Å². The highest BCUT2D eigenvalue weighted by Crippen LogP contribution is 2.20. The smallest absolute Gasteiger partial charge is 0.317 e. The maximum Gasteiger partial charge on any atom is 0.317 e. The standard InChI is InChI=1S/C15H28N2O3/c1-11(2)6-4-7-12(3)16-15(20)17-9-5-8-13(17)10-14(18)19/h11-13H,4-10H2,1-3H3,(H,16,20)(H,18,19). The number of amides is 2. The Labute approximate surface area is 121 Å². The number of carboxylic acids is 1. The van der Waals surface area contributed by atoms with Gasteiger partial charge in [0, 0.05) is 18.6 Å². The molecule has 1 aliphatic rings. The second kappa shape index (κ2) is 8.12. The van der Waals surface area contributed by atoms with Crippen LogP contribution in [0.25, 0.3) is 0 Å². The van der Waals surface area contributed by atoms with Crippen LogP contribution in [0.2, 0.25) is 0 Å². The number of rotatable bonds is 7. The molecule has 1 aliphatic heterocycles. The first kappa shape index (κ1) is 16.8. The number of hydrogen-bond acceptors (Lipinski definition) is 2. The van der Waals surface area contributed by atoms with Crippen molar-refractivity contribution < 1.29 is 14.7 Å². The summed E-state index contributed by atoms with van der Waals surface area (Å²) in [5.74, 6) is -0.142. The Morgan fingerprint density at radius 2 is 2.00 bits per heavy atom. The Balaban J connectivity index is 2.35. The van der Waals surface area contributed by atoms with Gasteiger partial charge in [0.15, 0.2) is 0 Å². The minimum Gasteiger partial charge on any atom is -0.481 e. The van der Waals surface area contributed by atoms with Crippen molar-refractivity contribution in [2.24, 2.45) is 5.92 Å². The maximum atomic E-state index is 12.2. The molecule has 0 spiro atoms. The predicted octanol–water partition coefficient (Wildman–Crippen LogP) is 2.85. The number of urea groups is 1. The van der Waals surface area contributed by atoms with Crippen LogP contribution in [-0.4, -0.2) is 40.6 Å². The zero-order valence-corrected chi connectivity index (χ0v) is 12.9. The lowest BCUT2D eigenvalue weighted by molar-refractivity contribution is -0.137. The van der Waals surface area contributed by atoms with Gasteiger partial charge in [0.2, 0.25) is 0 Å². The normalized spacial score (nSPS) is 20.2. The number of carbonyl (C=O) groups excluding carboxylic acids is 1. The summed E-state index contributed by atoms with van der Waals surface area (Å²) >= 11 is 0. The number of carboxylic acid groups (broad SMARTS) is 1. The predicted molar refractivity (Wildman–Crippen MR) is 78.7 cm³/mol. The van der Waals surface area contributed by atoms with Crippen molar-refractivity contribution in [3.05, 3.63) is 0 Å². The average molecular weight is 284 g/mol. The number of hydrogen-bond donors (Lipinski definition) is 2. The number of aliphatic carboxylic acids is 1. The van der Waals surface area contributed by atoms with Crippen LogP contribution >= 0.6 is 0 Å². The van der Waals surface area contributed by atoms with Crippen molar-refractivity contribution in [2.45, 2.75) is 71.4 Å². The summed E-state index contributed by atoms with van der Waals surface area (Å²) in [4.78, 5) is 24.6. The molecule has 0 radical (unpaired) electrons. The van der Waals surface area contributed by atoms with E-state index < -0.39 is 5.97 Å². The van der Waals surface area contributed by atoms with Crippen molar-refractivity contribution in [2.75, 3.05) is 6.54 Å². The summed E-state index contributed by atoms with van der Waals surface area (Å²) in [6, 6.07) is -0.103. The molecule has 5 nitrogen and oxygen atoms in total. The maximum absolute atomic E-state index is 12.2. The van der Waals surface area contributed by atoms with Crippen LogP contribution in [-0.2, 0) is 4.79 Å². The highest BCUT2D eigenvalue weighted by atomic mass is 16.4. The van der Waals surface area contributed by atoms with Crippen LogP contribution in [0.15, 0.2) is 0 Å². The fourth-order valence-electron chi connectivity index (χ4n) is 2.72. The van der Waals surface area contributed by atoms with E-state index in [1.807, 2.05) is 6.92 Å². The second-order valence-electron chi connectivity index (χ2n) is 6.26. The number of likely N-dealkylation sites (tertiary alicyclic amines) is 1. The summed E-state index contributed by atoms with van der Waals surface area (Å²) in [5, 5.41) is 11.9. The molecule has 0 aromatic carbocycles. The van der Waals surface area contributed by atoms with E-state index in [4.69, 9.17) is 5.11 Å². The van der Waals surface area contributed by atoms with E-state index in [1.165, 1.54) is 6.42 Å². The molecule has 2 atom stereocenters. The SMILES string of the molecule is CC(C)CCCC(C)NC(=O)N1CCCC1CC(=O)O. The summed E-state index contributed by atoms with van der Waals surface area (Å²) in [5.41, 5.74) is 0. The Morgan fingerprint density at radius 3 is 2.60 bits per heavy atom. The largest absolute Gasteiger partial charge is 0.481 e. The molecule has 2 amide bonds. The third kappa shape index (κ3) is 5.80. The monoisotopic (exact) mass is 284 g/mol. The quantitative estimate of drug-likeness (QED) is 0.755. The summed E-state index contributed by atoms with van der Waals surface area (Å²) in [7, 11) is 0. The molecule has 1 saturated heterocycles. The lowest BCUT2D eigenvalue weighted by Gasteiger charge is -2.26. The van der Waals surface area contributed by atoms with Gasteiger partial charge in [0.05, 0.1) is 6.42 Å². The molecule has 20 heavy (non-hydrogen) atoms. The van der Waals surface area contributed by atoms with Gasteiger partial charge >= 0.3 is 12.0 Å². The molecule has 1 heterocycles. The minimum absolute atomic E-state index is 0.0507. The zero-order chi connectivity index (χ0) is 15.1. The number of nitrogens with one attached hydrogen (secondary N) is 1. The minimum atomic E-state index is -0.834. The summed E-state index contributed by atoms with van der Waals surface area (Å²) in [6.45, 7) is 7.08. The molecular formula is C15H28N2O3. The molecule has 5 heteroatoms. The molecule has 2 unspecified atom stereocenters. The van der Waals surface area contributed by atoms with Crippen LogP contribution in [0.5, 0.6) is 0 Å². The fraction of sp³-hybridized carbons (Fsp3) is 0.867. The van der Waals surface area contributed by atoms with Crippen LogP contribution in [0, 0.1) is 5.92 Å². The van der Waals surface area contributed by atoms with Gasteiger partial charge in [0.1, 0.15) is 0 Å². The Hall–Kier alpha value is -1.26. The molecule has 0 aromatic rings. The summed E-state index contributed by atoms with van der Waals surface area (Å²) in [6.07, 6.45) is 4.99. The van der Waals surface area contributed by atoms with Crippen molar-refractivity contribution >= 4 is 12.0 Å². The number of nitrogens with zero attached hydrogens (tertiary/aromatic N) is 1. The molecule has 0 aliphatic carbocycles. The zero-order valence-electron chi connectivity index (χ0n) is 12.9. The highest BCUT2D eigenvalue weighted by Gasteiger charge is 2.30. The second-order valence-corrected chi connectivity index (χ2v) is 6.26. The van der Waals surface area contributed by atoms with Crippen LogP contribution in [0.3, 0.4) is 0 Å². The van der Waals surface area contributed by atoms with Crippen molar-refractivity contribution in [1.82, 2.24) is 10.2 Å². The Bertz CT molecular complexity index is 331. The molecule has 0 aromatic heterocycles. The van der Waals surface area contributed by atoms with Crippen molar-refractivity contribution in [3.63, 3.8) is 0 Å². The molecule has 2 N–H and O–H groups in total. The van der Waals surface area contributed by atoms with Crippen molar-refractivity contribution in [1.29, 1.82) is 0 Å². The van der Waals surface area contributed by atoms with Gasteiger partial charge in [-0.1, -0.05) is 26.7 Å². The van der Waals surface area contributed by atoms with Gasteiger partial charge in [-0.3, -0.25) is 4.79 Å². The van der Waals surface area contributed by atoms with E-state index in [1.54, 1.807) is 4.90 Å². The fourth-order valence-corrected chi connectivity index (χ4v) is 2.72.